The van der Waals surface area contributed by atoms with Gasteiger partial charge in [0.25, 0.3) is 0 Å². The molecule has 2 N–H and O–H groups in total. The monoisotopic (exact) mass is 314 g/mol. The number of nitrogens with zero attached hydrogens (tertiary/aromatic N) is 1. The van der Waals surface area contributed by atoms with Crippen molar-refractivity contribution in [2.24, 2.45) is 5.14 Å². The lowest BCUT2D eigenvalue weighted by Crippen LogP contribution is -2.37. The van der Waals surface area contributed by atoms with Crippen LogP contribution in [0, 0.1) is 11.3 Å². The summed E-state index contributed by atoms with van der Waals surface area (Å²) in [6.07, 6.45) is 0.453. The fourth-order valence-electron chi connectivity index (χ4n) is 1.99. The third kappa shape index (κ3) is 3.91. The minimum Gasteiger partial charge on any atom is -0.489 e. The van der Waals surface area contributed by atoms with Gasteiger partial charge >= 0.3 is 0 Å². The number of nitrogens with two attached hydrogens (primary N) is 1. The van der Waals surface area contributed by atoms with Crippen molar-refractivity contribution in [2.75, 3.05) is 19.8 Å². The minimum absolute atomic E-state index is 0.00261. The summed E-state index contributed by atoms with van der Waals surface area (Å²) in [6, 6.07) is 5.46. The Hall–Kier alpha value is -1.69. The van der Waals surface area contributed by atoms with Crippen molar-refractivity contribution >= 4 is 10.0 Å². The van der Waals surface area contributed by atoms with Gasteiger partial charge in [-0.2, -0.15) is 5.26 Å². The predicted molar refractivity (Wildman–Crippen MR) is 71.9 cm³/mol. The zero-order valence-electron chi connectivity index (χ0n) is 11.2. The number of halogens is 1. The summed E-state index contributed by atoms with van der Waals surface area (Å²) in [6.45, 7) is 0.449. The second-order valence-corrected chi connectivity index (χ2v) is 6.43. The van der Waals surface area contributed by atoms with Crippen molar-refractivity contribution in [3.8, 4) is 11.8 Å². The van der Waals surface area contributed by atoms with E-state index in [4.69, 9.17) is 19.9 Å². The highest BCUT2D eigenvalue weighted by molar-refractivity contribution is 7.89. The van der Waals surface area contributed by atoms with Crippen LogP contribution in [-0.2, 0) is 14.8 Å². The van der Waals surface area contributed by atoms with Crippen molar-refractivity contribution in [3.05, 3.63) is 23.8 Å². The molecule has 1 fully saturated rings. The molecule has 0 saturated carbocycles. The molecule has 0 unspecified atom stereocenters. The van der Waals surface area contributed by atoms with E-state index in [0.717, 1.165) is 6.07 Å². The van der Waals surface area contributed by atoms with Crippen LogP contribution in [0.1, 0.15) is 18.4 Å². The van der Waals surface area contributed by atoms with E-state index in [1.807, 2.05) is 6.07 Å². The summed E-state index contributed by atoms with van der Waals surface area (Å²) in [5.74, 6) is 0.133. The van der Waals surface area contributed by atoms with Crippen LogP contribution in [0.5, 0.6) is 5.75 Å². The van der Waals surface area contributed by atoms with E-state index in [2.05, 4.69) is 0 Å². The van der Waals surface area contributed by atoms with Gasteiger partial charge in [0, 0.05) is 26.1 Å². The number of benzene rings is 1. The topological polar surface area (TPSA) is 102 Å². The van der Waals surface area contributed by atoms with E-state index < -0.39 is 15.7 Å². The van der Waals surface area contributed by atoms with Crippen molar-refractivity contribution in [1.82, 2.24) is 0 Å². The maximum Gasteiger partial charge on any atom is 0.238 e. The van der Waals surface area contributed by atoms with Crippen LogP contribution in [0.4, 0.5) is 4.39 Å². The standard InChI is InChI=1S/C13H15FN2O4S/c14-13(3-5-19-6-4-13)9-20-12-2-1-11(21(16,17)18)7-10(12)8-15/h1-2,7H,3-6,9H2,(H2,16,17,18). The molecule has 0 atom stereocenters. The van der Waals surface area contributed by atoms with Gasteiger partial charge in [-0.05, 0) is 18.2 Å². The lowest BCUT2D eigenvalue weighted by molar-refractivity contribution is -0.0324. The molecule has 0 radical (unpaired) electrons. The summed E-state index contributed by atoms with van der Waals surface area (Å²) in [5, 5.41) is 14.0. The molecule has 2 rings (SSSR count). The summed E-state index contributed by atoms with van der Waals surface area (Å²) >= 11 is 0. The highest BCUT2D eigenvalue weighted by Crippen LogP contribution is 2.28. The Labute approximate surface area is 122 Å². The highest BCUT2D eigenvalue weighted by Gasteiger charge is 2.33. The van der Waals surface area contributed by atoms with Gasteiger partial charge in [0.1, 0.15) is 24.1 Å². The Bertz CT molecular complexity index is 663. The first-order valence-corrected chi connectivity index (χ1v) is 7.85. The van der Waals surface area contributed by atoms with E-state index in [0.29, 0.717) is 13.2 Å². The van der Waals surface area contributed by atoms with Crippen LogP contribution in [0.15, 0.2) is 23.1 Å². The Morgan fingerprint density at radius 1 is 1.43 bits per heavy atom. The molecule has 8 heteroatoms. The first-order valence-electron chi connectivity index (χ1n) is 6.30. The van der Waals surface area contributed by atoms with Crippen LogP contribution < -0.4 is 9.88 Å². The molecule has 0 bridgehead atoms. The van der Waals surface area contributed by atoms with Gasteiger partial charge in [-0.1, -0.05) is 0 Å². The zero-order chi connectivity index (χ0) is 15.5. The SMILES string of the molecule is N#Cc1cc(S(N)(=O)=O)ccc1OCC1(F)CCOCC1. The summed E-state index contributed by atoms with van der Waals surface area (Å²) in [4.78, 5) is -0.188. The van der Waals surface area contributed by atoms with E-state index >= 15 is 0 Å². The Kier molecular flexibility index (Phi) is 4.46. The molecular formula is C13H15FN2O4S. The quantitative estimate of drug-likeness (QED) is 0.896. The molecule has 1 aliphatic rings. The molecule has 1 aliphatic heterocycles. The largest absolute Gasteiger partial charge is 0.489 e. The number of ether oxygens (including phenoxy) is 2. The third-order valence-electron chi connectivity index (χ3n) is 3.28. The second-order valence-electron chi connectivity index (χ2n) is 4.87. The van der Waals surface area contributed by atoms with E-state index in [1.54, 1.807) is 0 Å². The number of nitriles is 1. The summed E-state index contributed by atoms with van der Waals surface area (Å²) in [7, 11) is -3.90. The molecule has 1 heterocycles. The summed E-state index contributed by atoms with van der Waals surface area (Å²) in [5.41, 5.74) is -1.50. The minimum atomic E-state index is -3.90. The fraction of sp³-hybridized carbons (Fsp3) is 0.462. The molecule has 0 spiro atoms. The van der Waals surface area contributed by atoms with Gasteiger partial charge in [0.2, 0.25) is 10.0 Å². The average Bonchev–Trinajstić information content (AvgIpc) is 2.45. The van der Waals surface area contributed by atoms with Gasteiger partial charge in [-0.3, -0.25) is 0 Å². The van der Waals surface area contributed by atoms with Crippen LogP contribution in [0.3, 0.4) is 0 Å². The molecule has 6 nitrogen and oxygen atoms in total. The van der Waals surface area contributed by atoms with E-state index in [1.165, 1.54) is 12.1 Å². The fourth-order valence-corrected chi connectivity index (χ4v) is 2.53. The van der Waals surface area contributed by atoms with Gasteiger partial charge in [-0.25, -0.2) is 17.9 Å². The number of alkyl halides is 1. The normalized spacial score (nSPS) is 18.0. The van der Waals surface area contributed by atoms with Crippen LogP contribution in [-0.4, -0.2) is 33.9 Å². The first-order chi connectivity index (χ1) is 9.84. The number of rotatable bonds is 4. The van der Waals surface area contributed by atoms with Crippen LogP contribution in [0.25, 0.3) is 0 Å². The van der Waals surface area contributed by atoms with Crippen molar-refractivity contribution in [1.29, 1.82) is 5.26 Å². The van der Waals surface area contributed by atoms with Gasteiger partial charge in [0.05, 0.1) is 10.5 Å². The van der Waals surface area contributed by atoms with Crippen molar-refractivity contribution < 1.29 is 22.3 Å². The lowest BCUT2D eigenvalue weighted by atomic mass is 9.98. The van der Waals surface area contributed by atoms with Crippen molar-refractivity contribution in [3.63, 3.8) is 0 Å². The Balaban J connectivity index is 2.15. The molecular weight excluding hydrogens is 299 g/mol. The average molecular weight is 314 g/mol. The first kappa shape index (κ1) is 15.7. The number of primary sulfonamides is 1. The Morgan fingerprint density at radius 3 is 2.67 bits per heavy atom. The maximum absolute atomic E-state index is 14.4. The Morgan fingerprint density at radius 2 is 2.10 bits per heavy atom. The maximum atomic E-state index is 14.4. The van der Waals surface area contributed by atoms with Gasteiger partial charge in [0.15, 0.2) is 0 Å². The third-order valence-corrected chi connectivity index (χ3v) is 4.19. The molecule has 1 aromatic rings. The van der Waals surface area contributed by atoms with Gasteiger partial charge < -0.3 is 9.47 Å². The molecule has 0 amide bonds. The molecule has 21 heavy (non-hydrogen) atoms. The lowest BCUT2D eigenvalue weighted by Gasteiger charge is -2.29. The highest BCUT2D eigenvalue weighted by atomic mass is 32.2. The number of sulfonamides is 1. The van der Waals surface area contributed by atoms with Crippen LogP contribution >= 0.6 is 0 Å². The number of hydrogen-bond donors (Lipinski definition) is 1. The van der Waals surface area contributed by atoms with E-state index in [9.17, 15) is 12.8 Å². The van der Waals surface area contributed by atoms with Crippen molar-refractivity contribution in [2.45, 2.75) is 23.4 Å². The molecule has 0 aromatic heterocycles. The predicted octanol–water partition coefficient (Wildman–Crippen LogP) is 1.10. The second kappa shape index (κ2) is 5.97. The van der Waals surface area contributed by atoms with E-state index in [-0.39, 0.29) is 35.7 Å². The molecule has 1 aromatic carbocycles. The summed E-state index contributed by atoms with van der Waals surface area (Å²) < 4.78 is 47.2. The number of hydrogen-bond acceptors (Lipinski definition) is 5. The van der Waals surface area contributed by atoms with Crippen LogP contribution in [0.2, 0.25) is 0 Å². The smallest absolute Gasteiger partial charge is 0.238 e. The van der Waals surface area contributed by atoms with Gasteiger partial charge in [-0.15, -0.1) is 0 Å². The molecule has 1 saturated heterocycles. The molecule has 0 aliphatic carbocycles. The zero-order valence-corrected chi connectivity index (χ0v) is 12.0. The molecule has 114 valence electrons.